The van der Waals surface area contributed by atoms with Gasteiger partial charge in [-0.05, 0) is 42.8 Å². The second-order valence-electron chi connectivity index (χ2n) is 4.87. The zero-order valence-electron chi connectivity index (χ0n) is 11.7. The van der Waals surface area contributed by atoms with E-state index in [-0.39, 0.29) is 17.4 Å². The molecular formula is C16H14N2O3. The van der Waals surface area contributed by atoms with Crippen molar-refractivity contribution in [3.8, 4) is 5.75 Å². The first-order valence-corrected chi connectivity index (χ1v) is 6.46. The summed E-state index contributed by atoms with van der Waals surface area (Å²) in [5.41, 5.74) is 8.09. The Morgan fingerprint density at radius 3 is 2.48 bits per heavy atom. The monoisotopic (exact) mass is 282 g/mol. The molecule has 1 aliphatic rings. The number of carbonyl (C=O) groups is 2. The summed E-state index contributed by atoms with van der Waals surface area (Å²) in [4.78, 5) is 26.2. The van der Waals surface area contributed by atoms with Crippen molar-refractivity contribution < 1.29 is 14.3 Å². The number of amides is 2. The summed E-state index contributed by atoms with van der Waals surface area (Å²) >= 11 is 0. The molecule has 0 saturated carbocycles. The third kappa shape index (κ3) is 1.86. The number of carbonyl (C=O) groups excluding carboxylic acids is 2. The van der Waals surface area contributed by atoms with E-state index < -0.39 is 0 Å². The molecule has 0 saturated heterocycles. The van der Waals surface area contributed by atoms with Crippen LogP contribution >= 0.6 is 0 Å². The highest BCUT2D eigenvalue weighted by Crippen LogP contribution is 2.34. The lowest BCUT2D eigenvalue weighted by molar-refractivity contribution is 0.0926. The molecule has 1 heterocycles. The molecule has 3 rings (SSSR count). The van der Waals surface area contributed by atoms with Gasteiger partial charge in [0.25, 0.3) is 11.8 Å². The maximum absolute atomic E-state index is 12.5. The topological polar surface area (TPSA) is 72.6 Å². The molecule has 0 bridgehead atoms. The van der Waals surface area contributed by atoms with Crippen molar-refractivity contribution in [3.05, 3.63) is 53.1 Å². The molecule has 0 fully saturated rings. The first kappa shape index (κ1) is 13.2. The van der Waals surface area contributed by atoms with E-state index in [1.165, 1.54) is 0 Å². The molecule has 106 valence electrons. The lowest BCUT2D eigenvalue weighted by Gasteiger charge is -2.17. The molecule has 0 spiro atoms. The van der Waals surface area contributed by atoms with Gasteiger partial charge in [-0.25, -0.2) is 4.90 Å². The third-order valence-corrected chi connectivity index (χ3v) is 3.59. The maximum Gasteiger partial charge on any atom is 0.268 e. The Labute approximate surface area is 121 Å². The number of hydrogen-bond donors (Lipinski definition) is 1. The number of rotatable bonds is 2. The zero-order valence-corrected chi connectivity index (χ0v) is 11.7. The fraction of sp³-hybridized carbons (Fsp3) is 0.125. The number of anilines is 2. The molecule has 21 heavy (non-hydrogen) atoms. The van der Waals surface area contributed by atoms with Crippen LogP contribution in [0.4, 0.5) is 11.4 Å². The molecule has 0 aliphatic carbocycles. The van der Waals surface area contributed by atoms with Crippen LogP contribution in [-0.4, -0.2) is 18.9 Å². The predicted molar refractivity (Wildman–Crippen MR) is 79.7 cm³/mol. The fourth-order valence-electron chi connectivity index (χ4n) is 2.54. The number of hydrogen-bond acceptors (Lipinski definition) is 4. The summed E-state index contributed by atoms with van der Waals surface area (Å²) in [6, 6.07) is 10.1. The van der Waals surface area contributed by atoms with Crippen LogP contribution in [0.3, 0.4) is 0 Å². The van der Waals surface area contributed by atoms with E-state index in [9.17, 15) is 9.59 Å². The first-order valence-electron chi connectivity index (χ1n) is 6.46. The number of ether oxygens (including phenoxy) is 1. The Balaban J connectivity index is 2.12. The standard InChI is InChI=1S/C16H14N2O3/c1-9-8-10(21-2)6-7-13(9)18-15(19)11-4-3-5-12(17)14(11)16(18)20/h3-8H,17H2,1-2H3. The van der Waals surface area contributed by atoms with Gasteiger partial charge in [0.1, 0.15) is 5.75 Å². The van der Waals surface area contributed by atoms with E-state index in [4.69, 9.17) is 10.5 Å². The minimum absolute atomic E-state index is 0.276. The quantitative estimate of drug-likeness (QED) is 0.678. The van der Waals surface area contributed by atoms with Gasteiger partial charge in [-0.1, -0.05) is 6.07 Å². The zero-order chi connectivity index (χ0) is 15.1. The lowest BCUT2D eigenvalue weighted by Crippen LogP contribution is -2.30. The number of nitrogens with zero attached hydrogens (tertiary/aromatic N) is 1. The van der Waals surface area contributed by atoms with Gasteiger partial charge in [0, 0.05) is 5.69 Å². The van der Waals surface area contributed by atoms with Crippen LogP contribution in [0.2, 0.25) is 0 Å². The Bertz CT molecular complexity index is 768. The molecule has 2 amide bonds. The highest BCUT2D eigenvalue weighted by atomic mass is 16.5. The van der Waals surface area contributed by atoms with Crippen molar-refractivity contribution in [2.24, 2.45) is 0 Å². The molecule has 1 aliphatic heterocycles. The largest absolute Gasteiger partial charge is 0.497 e. The Morgan fingerprint density at radius 1 is 1.10 bits per heavy atom. The van der Waals surface area contributed by atoms with Crippen molar-refractivity contribution >= 4 is 23.2 Å². The number of methoxy groups -OCH3 is 1. The molecule has 5 nitrogen and oxygen atoms in total. The second-order valence-corrected chi connectivity index (χ2v) is 4.87. The Hall–Kier alpha value is -2.82. The van der Waals surface area contributed by atoms with E-state index in [2.05, 4.69) is 0 Å². The molecular weight excluding hydrogens is 268 g/mol. The summed E-state index contributed by atoms with van der Waals surface area (Å²) in [6.07, 6.45) is 0. The molecule has 5 heteroatoms. The Morgan fingerprint density at radius 2 is 1.86 bits per heavy atom. The van der Waals surface area contributed by atoms with Crippen molar-refractivity contribution in [2.45, 2.75) is 6.92 Å². The van der Waals surface area contributed by atoms with Gasteiger partial charge in [-0.15, -0.1) is 0 Å². The van der Waals surface area contributed by atoms with Crippen molar-refractivity contribution in [3.63, 3.8) is 0 Å². The van der Waals surface area contributed by atoms with Gasteiger partial charge >= 0.3 is 0 Å². The second kappa shape index (κ2) is 4.63. The lowest BCUT2D eigenvalue weighted by atomic mass is 10.1. The molecule has 0 aromatic heterocycles. The predicted octanol–water partition coefficient (Wildman–Crippen LogP) is 2.39. The fourth-order valence-corrected chi connectivity index (χ4v) is 2.54. The van der Waals surface area contributed by atoms with Gasteiger partial charge < -0.3 is 10.5 Å². The van der Waals surface area contributed by atoms with Crippen LogP contribution in [0.25, 0.3) is 0 Å². The SMILES string of the molecule is COc1ccc(N2C(=O)c3cccc(N)c3C2=O)c(C)c1. The van der Waals surface area contributed by atoms with Crippen LogP contribution in [0.1, 0.15) is 26.3 Å². The normalized spacial score (nSPS) is 13.5. The summed E-state index contributed by atoms with van der Waals surface area (Å²) in [7, 11) is 1.57. The number of benzene rings is 2. The highest BCUT2D eigenvalue weighted by molar-refractivity contribution is 6.36. The summed E-state index contributed by atoms with van der Waals surface area (Å²) < 4.78 is 5.14. The summed E-state index contributed by atoms with van der Waals surface area (Å²) in [6.45, 7) is 1.82. The van der Waals surface area contributed by atoms with E-state index >= 15 is 0 Å². The number of nitrogen functional groups attached to an aromatic ring is 1. The molecule has 2 aromatic carbocycles. The molecule has 2 N–H and O–H groups in total. The average Bonchev–Trinajstić information content (AvgIpc) is 2.72. The van der Waals surface area contributed by atoms with Crippen molar-refractivity contribution in [1.29, 1.82) is 0 Å². The maximum atomic E-state index is 12.5. The van der Waals surface area contributed by atoms with Gasteiger partial charge in [0.2, 0.25) is 0 Å². The molecule has 0 radical (unpaired) electrons. The van der Waals surface area contributed by atoms with E-state index in [1.54, 1.807) is 43.5 Å². The summed E-state index contributed by atoms with van der Waals surface area (Å²) in [5.74, 6) is -0.0655. The van der Waals surface area contributed by atoms with E-state index in [0.29, 0.717) is 22.7 Å². The van der Waals surface area contributed by atoms with Crippen molar-refractivity contribution in [2.75, 3.05) is 17.7 Å². The minimum Gasteiger partial charge on any atom is -0.497 e. The van der Waals surface area contributed by atoms with Crippen LogP contribution < -0.4 is 15.4 Å². The van der Waals surface area contributed by atoms with Gasteiger partial charge in [0.05, 0.1) is 23.9 Å². The van der Waals surface area contributed by atoms with Crippen LogP contribution in [0.15, 0.2) is 36.4 Å². The van der Waals surface area contributed by atoms with Crippen LogP contribution in [0.5, 0.6) is 5.75 Å². The van der Waals surface area contributed by atoms with Gasteiger partial charge in [-0.2, -0.15) is 0 Å². The molecule has 0 atom stereocenters. The number of nitrogens with two attached hydrogens (primary N) is 1. The molecule has 0 unspecified atom stereocenters. The van der Waals surface area contributed by atoms with Crippen LogP contribution in [0, 0.1) is 6.92 Å². The number of aryl methyl sites for hydroxylation is 1. The van der Waals surface area contributed by atoms with Crippen LogP contribution in [-0.2, 0) is 0 Å². The third-order valence-electron chi connectivity index (χ3n) is 3.59. The number of imide groups is 1. The van der Waals surface area contributed by atoms with Gasteiger partial charge in [0.15, 0.2) is 0 Å². The first-order chi connectivity index (χ1) is 10.0. The molecule has 2 aromatic rings. The average molecular weight is 282 g/mol. The van der Waals surface area contributed by atoms with Crippen molar-refractivity contribution in [1.82, 2.24) is 0 Å². The van der Waals surface area contributed by atoms with E-state index in [0.717, 1.165) is 10.5 Å². The Kier molecular flexibility index (Phi) is 2.90. The smallest absolute Gasteiger partial charge is 0.268 e. The van der Waals surface area contributed by atoms with Gasteiger partial charge in [-0.3, -0.25) is 9.59 Å². The highest BCUT2D eigenvalue weighted by Gasteiger charge is 2.38. The summed E-state index contributed by atoms with van der Waals surface area (Å²) in [5, 5.41) is 0. The minimum atomic E-state index is -0.388. The number of fused-ring (bicyclic) bond motifs is 1. The van der Waals surface area contributed by atoms with E-state index in [1.807, 2.05) is 6.92 Å².